The summed E-state index contributed by atoms with van der Waals surface area (Å²) in [7, 11) is 0. The zero-order chi connectivity index (χ0) is 30.6. The number of halogens is 2. The number of para-hydroxylation sites is 1. The number of benzene rings is 4. The number of aromatic nitrogens is 1. The first kappa shape index (κ1) is 29.6. The SMILES string of the molecule is CCOC(=O)C1=C(c2ccccc2)N=c2s/c(=C\c3ccccc3OCc3cccc(Cl)c3)c(=O)n2[C@@H]1c1ccc(Cl)cc1. The van der Waals surface area contributed by atoms with Crippen LogP contribution in [0.4, 0.5) is 0 Å². The largest absolute Gasteiger partial charge is 0.488 e. The number of fused-ring (bicyclic) bond motifs is 1. The molecule has 0 fully saturated rings. The molecule has 0 saturated carbocycles. The van der Waals surface area contributed by atoms with E-state index in [4.69, 9.17) is 37.7 Å². The highest BCUT2D eigenvalue weighted by Crippen LogP contribution is 2.35. The zero-order valence-corrected chi connectivity index (χ0v) is 25.9. The van der Waals surface area contributed by atoms with Gasteiger partial charge in [0, 0.05) is 21.2 Å². The highest BCUT2D eigenvalue weighted by Gasteiger charge is 2.35. The van der Waals surface area contributed by atoms with Crippen LogP contribution in [-0.2, 0) is 16.1 Å². The third-order valence-electron chi connectivity index (χ3n) is 7.05. The first-order chi connectivity index (χ1) is 21.4. The van der Waals surface area contributed by atoms with Crippen LogP contribution >= 0.6 is 34.5 Å². The fourth-order valence-electron chi connectivity index (χ4n) is 5.06. The van der Waals surface area contributed by atoms with Crippen molar-refractivity contribution in [3.05, 3.63) is 161 Å². The summed E-state index contributed by atoms with van der Waals surface area (Å²) in [6, 6.07) is 30.8. The van der Waals surface area contributed by atoms with E-state index in [1.54, 1.807) is 29.7 Å². The van der Waals surface area contributed by atoms with Gasteiger partial charge in [-0.15, -0.1) is 0 Å². The van der Waals surface area contributed by atoms with Crippen molar-refractivity contribution >= 4 is 52.3 Å². The molecule has 0 N–H and O–H groups in total. The molecule has 0 aliphatic carbocycles. The summed E-state index contributed by atoms with van der Waals surface area (Å²) in [5.74, 6) is 0.0776. The number of esters is 1. The molecule has 1 aromatic heterocycles. The van der Waals surface area contributed by atoms with Crippen molar-refractivity contribution in [1.82, 2.24) is 4.57 Å². The van der Waals surface area contributed by atoms with E-state index in [9.17, 15) is 9.59 Å². The molecule has 9 heteroatoms. The van der Waals surface area contributed by atoms with Crippen LogP contribution in [0.2, 0.25) is 10.0 Å². The zero-order valence-electron chi connectivity index (χ0n) is 23.6. The molecule has 0 spiro atoms. The summed E-state index contributed by atoms with van der Waals surface area (Å²) >= 11 is 13.6. The maximum Gasteiger partial charge on any atom is 0.338 e. The number of thiazole rings is 1. The molecule has 0 bridgehead atoms. The van der Waals surface area contributed by atoms with E-state index >= 15 is 0 Å². The first-order valence-electron chi connectivity index (χ1n) is 13.9. The van der Waals surface area contributed by atoms with E-state index in [-0.39, 0.29) is 17.7 Å². The van der Waals surface area contributed by atoms with Gasteiger partial charge in [0.15, 0.2) is 4.80 Å². The molecule has 5 aromatic rings. The molecule has 0 unspecified atom stereocenters. The highest BCUT2D eigenvalue weighted by molar-refractivity contribution is 7.07. The Hall–Kier alpha value is -4.43. The van der Waals surface area contributed by atoms with Gasteiger partial charge in [-0.3, -0.25) is 9.36 Å². The van der Waals surface area contributed by atoms with Crippen LogP contribution < -0.4 is 19.6 Å². The predicted molar refractivity (Wildman–Crippen MR) is 175 cm³/mol. The van der Waals surface area contributed by atoms with Gasteiger partial charge in [0.1, 0.15) is 12.4 Å². The van der Waals surface area contributed by atoms with Crippen molar-refractivity contribution in [2.24, 2.45) is 4.99 Å². The van der Waals surface area contributed by atoms with Gasteiger partial charge in [0.05, 0.1) is 28.5 Å². The van der Waals surface area contributed by atoms with Gasteiger partial charge in [-0.05, 0) is 54.5 Å². The number of rotatable bonds is 8. The minimum Gasteiger partial charge on any atom is -0.488 e. The average molecular weight is 642 g/mol. The van der Waals surface area contributed by atoms with Crippen molar-refractivity contribution in [1.29, 1.82) is 0 Å². The minimum absolute atomic E-state index is 0.175. The van der Waals surface area contributed by atoms with Gasteiger partial charge >= 0.3 is 5.97 Å². The summed E-state index contributed by atoms with van der Waals surface area (Å²) in [5, 5.41) is 1.17. The van der Waals surface area contributed by atoms with Gasteiger partial charge in [0.25, 0.3) is 5.56 Å². The van der Waals surface area contributed by atoms with E-state index in [1.165, 1.54) is 11.3 Å². The Balaban J connectivity index is 1.52. The predicted octanol–water partition coefficient (Wildman–Crippen LogP) is 6.82. The second kappa shape index (κ2) is 13.1. The molecule has 0 radical (unpaired) electrons. The molecule has 1 aliphatic heterocycles. The van der Waals surface area contributed by atoms with Crippen molar-refractivity contribution in [2.75, 3.05) is 6.61 Å². The molecule has 6 rings (SSSR count). The lowest BCUT2D eigenvalue weighted by molar-refractivity contribution is -0.138. The van der Waals surface area contributed by atoms with Crippen LogP contribution in [-0.4, -0.2) is 17.1 Å². The summed E-state index contributed by atoms with van der Waals surface area (Å²) < 4.78 is 13.7. The normalized spacial score (nSPS) is 14.6. The average Bonchev–Trinajstić information content (AvgIpc) is 3.35. The van der Waals surface area contributed by atoms with Crippen LogP contribution in [0.15, 0.2) is 118 Å². The first-order valence-corrected chi connectivity index (χ1v) is 15.5. The van der Waals surface area contributed by atoms with Crippen molar-refractivity contribution in [3.8, 4) is 5.75 Å². The molecule has 220 valence electrons. The molecule has 4 aromatic carbocycles. The van der Waals surface area contributed by atoms with Gasteiger partial charge in [-0.25, -0.2) is 9.79 Å². The van der Waals surface area contributed by atoms with Gasteiger partial charge < -0.3 is 9.47 Å². The Morgan fingerprint density at radius 2 is 1.68 bits per heavy atom. The van der Waals surface area contributed by atoms with Crippen LogP contribution in [0.5, 0.6) is 5.75 Å². The van der Waals surface area contributed by atoms with E-state index in [0.717, 1.165) is 16.7 Å². The molecule has 2 heterocycles. The van der Waals surface area contributed by atoms with Crippen molar-refractivity contribution in [2.45, 2.75) is 19.6 Å². The maximum absolute atomic E-state index is 14.2. The topological polar surface area (TPSA) is 69.9 Å². The number of nitrogens with zero attached hydrogens (tertiary/aromatic N) is 2. The lowest BCUT2D eigenvalue weighted by Gasteiger charge is -2.25. The molecular formula is C35H26Cl2N2O4S. The van der Waals surface area contributed by atoms with E-state index < -0.39 is 12.0 Å². The summed E-state index contributed by atoms with van der Waals surface area (Å²) in [6.45, 7) is 2.24. The fraction of sp³-hybridized carbons (Fsp3) is 0.114. The van der Waals surface area contributed by atoms with Crippen LogP contribution in [0.3, 0.4) is 0 Å². The number of hydrogen-bond donors (Lipinski definition) is 0. The monoisotopic (exact) mass is 640 g/mol. The Kier molecular flexibility index (Phi) is 8.79. The van der Waals surface area contributed by atoms with E-state index in [0.29, 0.717) is 43.0 Å². The molecule has 1 aliphatic rings. The summed E-state index contributed by atoms with van der Waals surface area (Å²) in [4.78, 5) is 33.1. The third-order valence-corrected chi connectivity index (χ3v) is 8.52. The lowest BCUT2D eigenvalue weighted by atomic mass is 9.93. The second-order valence-electron chi connectivity index (χ2n) is 9.94. The number of carbonyl (C=O) groups is 1. The molecule has 0 amide bonds. The second-order valence-corrected chi connectivity index (χ2v) is 11.8. The van der Waals surface area contributed by atoms with Crippen LogP contribution in [0.25, 0.3) is 11.8 Å². The fourth-order valence-corrected chi connectivity index (χ4v) is 6.39. The minimum atomic E-state index is -0.783. The van der Waals surface area contributed by atoms with Crippen molar-refractivity contribution in [3.63, 3.8) is 0 Å². The summed E-state index contributed by atoms with van der Waals surface area (Å²) in [5.41, 5.74) is 3.56. The van der Waals surface area contributed by atoms with Crippen LogP contribution in [0, 0.1) is 0 Å². The van der Waals surface area contributed by atoms with Gasteiger partial charge in [-0.1, -0.05) is 107 Å². The van der Waals surface area contributed by atoms with Gasteiger partial charge in [-0.2, -0.15) is 0 Å². The van der Waals surface area contributed by atoms with Crippen LogP contribution in [0.1, 0.15) is 35.2 Å². The molecular weight excluding hydrogens is 615 g/mol. The summed E-state index contributed by atoms with van der Waals surface area (Å²) in [6.07, 6.45) is 1.80. The molecule has 6 nitrogen and oxygen atoms in total. The Morgan fingerprint density at radius 1 is 0.932 bits per heavy atom. The molecule has 1 atom stereocenters. The Labute approximate surface area is 267 Å². The molecule has 0 saturated heterocycles. The maximum atomic E-state index is 14.2. The smallest absolute Gasteiger partial charge is 0.338 e. The Morgan fingerprint density at radius 3 is 2.43 bits per heavy atom. The Bertz CT molecular complexity index is 2050. The van der Waals surface area contributed by atoms with Gasteiger partial charge in [0.2, 0.25) is 0 Å². The number of carbonyl (C=O) groups excluding carboxylic acids is 1. The van der Waals surface area contributed by atoms with E-state index in [2.05, 4.69) is 0 Å². The molecule has 44 heavy (non-hydrogen) atoms. The lowest BCUT2D eigenvalue weighted by Crippen LogP contribution is -2.40. The number of hydrogen-bond acceptors (Lipinski definition) is 6. The van der Waals surface area contributed by atoms with Crippen molar-refractivity contribution < 1.29 is 14.3 Å². The van der Waals surface area contributed by atoms with E-state index in [1.807, 2.05) is 91.0 Å². The third kappa shape index (κ3) is 6.13. The highest BCUT2D eigenvalue weighted by atomic mass is 35.5. The number of ether oxygens (including phenoxy) is 2. The standard InChI is InChI=1S/C35H26Cl2N2O4S/c1-2-42-34(41)30-31(23-10-4-3-5-11-23)38-35-39(32(30)24-15-17-26(36)18-16-24)33(40)29(44-35)20-25-12-6-7-14-28(25)43-21-22-9-8-13-27(37)19-22/h3-20,32H,2,21H2,1H3/b29-20-/t32-/m1/s1. The quantitative estimate of drug-likeness (QED) is 0.175.